The third kappa shape index (κ3) is 2.44. The second kappa shape index (κ2) is 6.12. The van der Waals surface area contributed by atoms with Crippen molar-refractivity contribution < 1.29 is 4.79 Å². The first-order chi connectivity index (χ1) is 13.7. The summed E-state index contributed by atoms with van der Waals surface area (Å²) in [5.74, 6) is 0.757. The van der Waals surface area contributed by atoms with E-state index in [1.54, 1.807) is 22.7 Å². The quantitative estimate of drug-likeness (QED) is 0.683. The molecule has 4 fully saturated rings. The van der Waals surface area contributed by atoms with Crippen LogP contribution in [0.2, 0.25) is 0 Å². The molecule has 6 heteroatoms. The fourth-order valence-electron chi connectivity index (χ4n) is 5.46. The lowest BCUT2D eigenvalue weighted by molar-refractivity contribution is -0.00138. The number of carbonyl (C=O) groups excluding carboxylic acids is 1. The van der Waals surface area contributed by atoms with Crippen LogP contribution in [0.1, 0.15) is 40.9 Å². The fraction of sp³-hybridized carbons (Fsp3) is 0.455. The van der Waals surface area contributed by atoms with E-state index in [1.165, 1.54) is 54.6 Å². The molecule has 5 heterocycles. The van der Waals surface area contributed by atoms with Gasteiger partial charge in [-0.15, -0.1) is 22.7 Å². The van der Waals surface area contributed by atoms with Gasteiger partial charge in [-0.05, 0) is 68.6 Å². The maximum atomic E-state index is 13.2. The van der Waals surface area contributed by atoms with Crippen LogP contribution in [-0.2, 0) is 0 Å². The van der Waals surface area contributed by atoms with Gasteiger partial charge in [0.1, 0.15) is 5.01 Å². The van der Waals surface area contributed by atoms with Gasteiger partial charge in [0.25, 0.3) is 5.91 Å². The van der Waals surface area contributed by atoms with Crippen molar-refractivity contribution in [1.29, 1.82) is 0 Å². The number of thiophene rings is 1. The lowest BCUT2D eigenvalue weighted by Crippen LogP contribution is -2.65. The Kier molecular flexibility index (Phi) is 3.74. The minimum atomic E-state index is 0.106. The molecule has 3 aliphatic heterocycles. The molecule has 1 aliphatic carbocycles. The number of fused-ring (bicyclic) bond motifs is 3. The number of nitrogens with zero attached hydrogens (tertiary/aromatic N) is 2. The highest BCUT2D eigenvalue weighted by Crippen LogP contribution is 2.53. The minimum Gasteiger partial charge on any atom is -0.346 e. The van der Waals surface area contributed by atoms with Crippen LogP contribution in [0.15, 0.2) is 29.8 Å². The van der Waals surface area contributed by atoms with Crippen LogP contribution in [0.25, 0.3) is 20.7 Å². The summed E-state index contributed by atoms with van der Waals surface area (Å²) in [4.78, 5) is 21.2. The van der Waals surface area contributed by atoms with Crippen LogP contribution in [-0.4, -0.2) is 40.5 Å². The number of hydrogen-bond acceptors (Lipinski definition) is 5. The highest BCUT2D eigenvalue weighted by atomic mass is 32.1. The maximum absolute atomic E-state index is 13.2. The molecule has 1 saturated carbocycles. The molecule has 144 valence electrons. The first-order valence-corrected chi connectivity index (χ1v) is 11.8. The molecule has 0 radical (unpaired) electrons. The van der Waals surface area contributed by atoms with Gasteiger partial charge in [-0.3, -0.25) is 9.69 Å². The van der Waals surface area contributed by atoms with Crippen LogP contribution in [0, 0.1) is 12.8 Å². The van der Waals surface area contributed by atoms with Crippen LogP contribution >= 0.6 is 22.7 Å². The number of hydrogen-bond donors (Lipinski definition) is 1. The second-order valence-electron chi connectivity index (χ2n) is 8.50. The zero-order valence-corrected chi connectivity index (χ0v) is 17.5. The van der Waals surface area contributed by atoms with Crippen molar-refractivity contribution in [3.8, 4) is 10.6 Å². The predicted molar refractivity (Wildman–Crippen MR) is 115 cm³/mol. The number of thiazole rings is 1. The van der Waals surface area contributed by atoms with E-state index in [9.17, 15) is 4.79 Å². The van der Waals surface area contributed by atoms with E-state index in [0.29, 0.717) is 12.0 Å². The van der Waals surface area contributed by atoms with Crippen LogP contribution < -0.4 is 5.32 Å². The highest BCUT2D eigenvalue weighted by molar-refractivity contribution is 7.22. The zero-order valence-electron chi connectivity index (χ0n) is 15.9. The largest absolute Gasteiger partial charge is 0.346 e. The van der Waals surface area contributed by atoms with Crippen LogP contribution in [0.3, 0.4) is 0 Å². The Labute approximate surface area is 172 Å². The topological polar surface area (TPSA) is 45.2 Å². The normalized spacial score (nSPS) is 27.4. The van der Waals surface area contributed by atoms with Crippen LogP contribution in [0.4, 0.5) is 0 Å². The standard InChI is InChI=1S/C22H23N3OS2/c1-13-2-3-15-12-16(28-18(15)17(13)21-23-8-11-27-21)20(26)24-19-14-4-9-25(10-5-14)22(19)6-7-22/h2-3,8,11-12,14,19H,4-7,9-10H2,1H3,(H,24,26)/t19-/m0/s1. The number of aryl methyl sites for hydroxylation is 1. The molecule has 2 aromatic heterocycles. The molecule has 1 atom stereocenters. The molecular formula is C22H23N3OS2. The van der Waals surface area contributed by atoms with Gasteiger partial charge in [0.2, 0.25) is 0 Å². The predicted octanol–water partition coefficient (Wildman–Crippen LogP) is 4.69. The van der Waals surface area contributed by atoms with E-state index in [1.807, 2.05) is 11.6 Å². The number of aromatic nitrogens is 1. The van der Waals surface area contributed by atoms with Gasteiger partial charge in [0, 0.05) is 27.4 Å². The fourth-order valence-corrected chi connectivity index (χ4v) is 7.44. The van der Waals surface area contributed by atoms with Gasteiger partial charge in [-0.1, -0.05) is 12.1 Å². The van der Waals surface area contributed by atoms with E-state index < -0.39 is 0 Å². The summed E-state index contributed by atoms with van der Waals surface area (Å²) in [7, 11) is 0. The molecule has 3 aromatic rings. The van der Waals surface area contributed by atoms with E-state index >= 15 is 0 Å². The SMILES string of the molecule is Cc1ccc2cc(C(=O)N[C@H]3C4CCN(CC4)C34CC4)sc2c1-c1nccs1. The smallest absolute Gasteiger partial charge is 0.261 e. The first kappa shape index (κ1) is 17.1. The summed E-state index contributed by atoms with van der Waals surface area (Å²) in [5.41, 5.74) is 2.67. The third-order valence-electron chi connectivity index (χ3n) is 7.03. The van der Waals surface area contributed by atoms with Gasteiger partial charge in [-0.25, -0.2) is 4.98 Å². The summed E-state index contributed by atoms with van der Waals surface area (Å²) in [6.07, 6.45) is 6.80. The van der Waals surface area contributed by atoms with Gasteiger partial charge >= 0.3 is 0 Å². The number of rotatable bonds is 3. The molecule has 28 heavy (non-hydrogen) atoms. The zero-order chi connectivity index (χ0) is 18.9. The highest BCUT2D eigenvalue weighted by Gasteiger charge is 2.60. The Morgan fingerprint density at radius 2 is 2.11 bits per heavy atom. The molecule has 2 bridgehead atoms. The lowest BCUT2D eigenvalue weighted by atomic mass is 9.77. The molecule has 4 aliphatic rings. The molecule has 4 nitrogen and oxygen atoms in total. The minimum absolute atomic E-state index is 0.106. The Morgan fingerprint density at radius 1 is 1.29 bits per heavy atom. The number of benzene rings is 1. The number of amides is 1. The van der Waals surface area contributed by atoms with Crippen molar-refractivity contribution in [2.45, 2.75) is 44.2 Å². The number of carbonyl (C=O) groups is 1. The maximum Gasteiger partial charge on any atom is 0.261 e. The third-order valence-corrected chi connectivity index (χ3v) is 8.99. The van der Waals surface area contributed by atoms with Crippen LogP contribution in [0.5, 0.6) is 0 Å². The monoisotopic (exact) mass is 409 g/mol. The Hall–Kier alpha value is -1.76. The van der Waals surface area contributed by atoms with Crippen molar-refractivity contribution in [2.75, 3.05) is 13.1 Å². The molecule has 1 spiro atoms. The first-order valence-electron chi connectivity index (χ1n) is 10.1. The number of piperidine rings is 3. The van der Waals surface area contributed by atoms with Crippen molar-refractivity contribution in [2.24, 2.45) is 5.92 Å². The lowest BCUT2D eigenvalue weighted by Gasteiger charge is -2.52. The molecule has 1 amide bonds. The summed E-state index contributed by atoms with van der Waals surface area (Å²) in [6, 6.07) is 6.66. The summed E-state index contributed by atoms with van der Waals surface area (Å²) in [5, 5.41) is 7.65. The molecule has 3 saturated heterocycles. The Balaban J connectivity index is 1.34. The Morgan fingerprint density at radius 3 is 2.82 bits per heavy atom. The average Bonchev–Trinajstić information content (AvgIpc) is 3.12. The average molecular weight is 410 g/mol. The van der Waals surface area contributed by atoms with E-state index in [0.717, 1.165) is 15.3 Å². The van der Waals surface area contributed by atoms with E-state index in [4.69, 9.17) is 0 Å². The van der Waals surface area contributed by atoms with Gasteiger partial charge in [0.15, 0.2) is 0 Å². The number of nitrogens with one attached hydrogen (secondary N) is 1. The summed E-state index contributed by atoms with van der Waals surface area (Å²) < 4.78 is 1.18. The van der Waals surface area contributed by atoms with Crippen molar-refractivity contribution in [3.05, 3.63) is 40.2 Å². The van der Waals surface area contributed by atoms with E-state index in [2.05, 4.69) is 40.3 Å². The molecular weight excluding hydrogens is 386 g/mol. The van der Waals surface area contributed by atoms with Gasteiger partial charge in [0.05, 0.1) is 10.9 Å². The molecule has 1 aromatic carbocycles. The Bertz CT molecular complexity index is 1060. The molecule has 1 N–H and O–H groups in total. The van der Waals surface area contributed by atoms with Crippen molar-refractivity contribution in [1.82, 2.24) is 15.2 Å². The second-order valence-corrected chi connectivity index (χ2v) is 10.4. The summed E-state index contributed by atoms with van der Waals surface area (Å²) >= 11 is 3.27. The molecule has 7 rings (SSSR count). The van der Waals surface area contributed by atoms with E-state index in [-0.39, 0.29) is 11.4 Å². The molecule has 0 unspecified atom stereocenters. The summed E-state index contributed by atoms with van der Waals surface area (Å²) in [6.45, 7) is 4.56. The van der Waals surface area contributed by atoms with Gasteiger partial charge in [-0.2, -0.15) is 0 Å². The van der Waals surface area contributed by atoms with Gasteiger partial charge < -0.3 is 5.32 Å². The van der Waals surface area contributed by atoms with Crippen molar-refractivity contribution >= 4 is 38.7 Å². The van der Waals surface area contributed by atoms with Crippen molar-refractivity contribution in [3.63, 3.8) is 0 Å².